The maximum Gasteiger partial charge on any atom is 0.255 e. The van der Waals surface area contributed by atoms with Gasteiger partial charge in [0.2, 0.25) is 5.95 Å². The lowest BCUT2D eigenvalue weighted by atomic mass is 10.00. The van der Waals surface area contributed by atoms with Crippen molar-refractivity contribution in [3.05, 3.63) is 107 Å². The molecule has 0 radical (unpaired) electrons. The van der Waals surface area contributed by atoms with E-state index in [1.165, 1.54) is 0 Å². The molecule has 1 aliphatic rings. The second-order valence-electron chi connectivity index (χ2n) is 7.83. The number of aliphatic hydroxyl groups excluding tert-OH is 1. The van der Waals surface area contributed by atoms with Gasteiger partial charge in [-0.05, 0) is 41.8 Å². The molecule has 1 aromatic carbocycles. The van der Waals surface area contributed by atoms with Crippen LogP contribution in [0.15, 0.2) is 90.2 Å². The summed E-state index contributed by atoms with van der Waals surface area (Å²) in [7, 11) is 0. The zero-order chi connectivity index (χ0) is 21.9. The van der Waals surface area contributed by atoms with Gasteiger partial charge in [0.15, 0.2) is 0 Å². The molecule has 0 fully saturated rings. The second-order valence-corrected chi connectivity index (χ2v) is 7.83. The fourth-order valence-electron chi connectivity index (χ4n) is 4.25. The van der Waals surface area contributed by atoms with Gasteiger partial charge in [-0.1, -0.05) is 30.3 Å². The normalized spacial score (nSPS) is 15.9. The molecular weight excluding hydrogens is 438 g/mol. The first-order valence-corrected chi connectivity index (χ1v) is 10.6. The number of halogens is 1. The monoisotopic (exact) mass is 461 g/mol. The number of hydrogen-bond donors (Lipinski definition) is 1. The molecule has 3 aromatic heterocycles. The molecule has 0 bridgehead atoms. The van der Waals surface area contributed by atoms with E-state index < -0.39 is 6.10 Å². The molecule has 0 aliphatic carbocycles. The van der Waals surface area contributed by atoms with Crippen LogP contribution in [0.1, 0.15) is 29.7 Å². The zero-order valence-electron chi connectivity index (χ0n) is 17.9. The number of rotatable bonds is 5. The molecule has 0 spiro atoms. The Balaban J connectivity index is 0.00000259. The Hall–Kier alpha value is -3.55. The lowest BCUT2D eigenvalue weighted by Crippen LogP contribution is -2.42. The number of pyridine rings is 2. The zero-order valence-corrected chi connectivity index (χ0v) is 18.7. The molecule has 5 rings (SSSR count). The first-order valence-electron chi connectivity index (χ1n) is 10.6. The van der Waals surface area contributed by atoms with E-state index in [0.29, 0.717) is 24.7 Å². The molecular formula is C25H24ClN5O2. The maximum absolute atomic E-state index is 13.0. The summed E-state index contributed by atoms with van der Waals surface area (Å²) in [6.07, 6.45) is 6.91. The number of nitrogens with zero attached hydrogens (tertiary/aromatic N) is 5. The van der Waals surface area contributed by atoms with E-state index in [0.717, 1.165) is 23.1 Å². The fourth-order valence-corrected chi connectivity index (χ4v) is 4.25. The highest BCUT2D eigenvalue weighted by atomic mass is 35.5. The molecule has 2 atom stereocenters. The molecule has 4 aromatic rings. The molecule has 8 heteroatoms. The summed E-state index contributed by atoms with van der Waals surface area (Å²) in [6.45, 7) is 0.867. The molecule has 168 valence electrons. The Morgan fingerprint density at radius 3 is 2.33 bits per heavy atom. The molecule has 1 N–H and O–H groups in total. The van der Waals surface area contributed by atoms with Crippen LogP contribution < -0.4 is 10.5 Å². The van der Waals surface area contributed by atoms with E-state index in [-0.39, 0.29) is 24.0 Å². The number of aliphatic hydroxyl groups is 1. The Morgan fingerprint density at radius 1 is 0.970 bits per heavy atom. The first-order chi connectivity index (χ1) is 15.7. The standard InChI is InChI=1S/C25H23N5O2.ClH/c31-23(20-4-2-1-3-5-20)17-30-22(19-8-13-27-14-9-19)10-15-29-24(32)16-21(28-25(29)30)18-6-11-26-12-7-18;/h1-9,11-14,16,22-23,31H,10,15,17H2;1H. The van der Waals surface area contributed by atoms with E-state index in [1.54, 1.807) is 35.4 Å². The summed E-state index contributed by atoms with van der Waals surface area (Å²) < 4.78 is 1.69. The molecule has 33 heavy (non-hydrogen) atoms. The summed E-state index contributed by atoms with van der Waals surface area (Å²) in [5.74, 6) is 0.562. The molecule has 7 nitrogen and oxygen atoms in total. The summed E-state index contributed by atoms with van der Waals surface area (Å²) in [5.41, 5.74) is 3.23. The van der Waals surface area contributed by atoms with Gasteiger partial charge in [0, 0.05) is 43.0 Å². The average molecular weight is 462 g/mol. The van der Waals surface area contributed by atoms with Gasteiger partial charge in [-0.25, -0.2) is 4.98 Å². The average Bonchev–Trinajstić information content (AvgIpc) is 2.86. The van der Waals surface area contributed by atoms with Crippen LogP contribution in [-0.4, -0.2) is 31.2 Å². The maximum atomic E-state index is 13.0. The van der Waals surface area contributed by atoms with E-state index in [9.17, 15) is 9.90 Å². The van der Waals surface area contributed by atoms with Crippen molar-refractivity contribution in [2.75, 3.05) is 11.4 Å². The van der Waals surface area contributed by atoms with Crippen molar-refractivity contribution in [3.8, 4) is 11.3 Å². The summed E-state index contributed by atoms with van der Waals surface area (Å²) in [5, 5.41) is 11.0. The highest BCUT2D eigenvalue weighted by Gasteiger charge is 2.31. The minimum atomic E-state index is -0.728. The van der Waals surface area contributed by atoms with Crippen LogP contribution in [0, 0.1) is 0 Å². The smallest absolute Gasteiger partial charge is 0.255 e. The minimum absolute atomic E-state index is 0. The number of anilines is 1. The second kappa shape index (κ2) is 9.94. The lowest BCUT2D eigenvalue weighted by molar-refractivity contribution is 0.176. The van der Waals surface area contributed by atoms with Crippen LogP contribution in [0.4, 0.5) is 5.95 Å². The van der Waals surface area contributed by atoms with Crippen molar-refractivity contribution in [2.24, 2.45) is 0 Å². The van der Waals surface area contributed by atoms with Gasteiger partial charge in [-0.3, -0.25) is 19.3 Å². The predicted molar refractivity (Wildman–Crippen MR) is 129 cm³/mol. The van der Waals surface area contributed by atoms with Gasteiger partial charge in [-0.15, -0.1) is 12.4 Å². The van der Waals surface area contributed by atoms with Crippen LogP contribution in [0.3, 0.4) is 0 Å². The molecule has 0 saturated heterocycles. The number of β-amino-alcohol motifs (C(OH)–C–C–N with tert-alkyl or cyclic N) is 1. The van der Waals surface area contributed by atoms with Gasteiger partial charge in [-0.2, -0.15) is 0 Å². The van der Waals surface area contributed by atoms with Crippen LogP contribution in [0.2, 0.25) is 0 Å². The van der Waals surface area contributed by atoms with Crippen molar-refractivity contribution in [1.82, 2.24) is 19.5 Å². The number of aromatic nitrogens is 4. The highest BCUT2D eigenvalue weighted by Crippen LogP contribution is 2.35. The van der Waals surface area contributed by atoms with Crippen molar-refractivity contribution in [1.29, 1.82) is 0 Å². The lowest BCUT2D eigenvalue weighted by Gasteiger charge is -2.39. The Bertz CT molecular complexity index is 1250. The summed E-state index contributed by atoms with van der Waals surface area (Å²) >= 11 is 0. The minimum Gasteiger partial charge on any atom is -0.387 e. The van der Waals surface area contributed by atoms with Crippen LogP contribution in [0.25, 0.3) is 11.3 Å². The molecule has 4 heterocycles. The predicted octanol–water partition coefficient (Wildman–Crippen LogP) is 3.81. The highest BCUT2D eigenvalue weighted by molar-refractivity contribution is 5.85. The number of hydrogen-bond acceptors (Lipinski definition) is 6. The molecule has 2 unspecified atom stereocenters. The SMILES string of the molecule is Cl.O=c1cc(-c2ccncc2)nc2n1CCC(c1ccncc1)N2CC(O)c1ccccc1. The Kier molecular flexibility index (Phi) is 6.82. The van der Waals surface area contributed by atoms with E-state index >= 15 is 0 Å². The van der Waals surface area contributed by atoms with Gasteiger partial charge in [0.25, 0.3) is 5.56 Å². The van der Waals surface area contributed by atoms with E-state index in [2.05, 4.69) is 9.97 Å². The van der Waals surface area contributed by atoms with Crippen molar-refractivity contribution < 1.29 is 5.11 Å². The van der Waals surface area contributed by atoms with Crippen molar-refractivity contribution >= 4 is 18.4 Å². The van der Waals surface area contributed by atoms with Crippen LogP contribution in [-0.2, 0) is 6.54 Å². The quantitative estimate of drug-likeness (QED) is 0.486. The van der Waals surface area contributed by atoms with Crippen LogP contribution in [0.5, 0.6) is 0 Å². The van der Waals surface area contributed by atoms with E-state index in [4.69, 9.17) is 4.98 Å². The van der Waals surface area contributed by atoms with Gasteiger partial charge in [0.05, 0.1) is 24.4 Å². The van der Waals surface area contributed by atoms with E-state index in [1.807, 2.05) is 59.5 Å². The van der Waals surface area contributed by atoms with Gasteiger partial charge >= 0.3 is 0 Å². The Labute approximate surface area is 197 Å². The number of fused-ring (bicyclic) bond motifs is 1. The largest absolute Gasteiger partial charge is 0.387 e. The third kappa shape index (κ3) is 4.65. The molecule has 1 aliphatic heterocycles. The Morgan fingerprint density at radius 2 is 1.64 bits per heavy atom. The molecule has 0 amide bonds. The third-order valence-corrected chi connectivity index (χ3v) is 5.87. The van der Waals surface area contributed by atoms with Crippen molar-refractivity contribution in [3.63, 3.8) is 0 Å². The third-order valence-electron chi connectivity index (χ3n) is 5.87. The first kappa shape index (κ1) is 22.6. The molecule has 0 saturated carbocycles. The number of benzene rings is 1. The summed E-state index contributed by atoms with van der Waals surface area (Å²) in [6, 6.07) is 18.7. The van der Waals surface area contributed by atoms with Crippen LogP contribution >= 0.6 is 12.4 Å². The summed E-state index contributed by atoms with van der Waals surface area (Å²) in [4.78, 5) is 28.1. The topological polar surface area (TPSA) is 84.1 Å². The van der Waals surface area contributed by atoms with Crippen molar-refractivity contribution in [2.45, 2.75) is 25.1 Å². The van der Waals surface area contributed by atoms with Gasteiger partial charge in [0.1, 0.15) is 0 Å². The fraction of sp³-hybridized carbons (Fsp3) is 0.200. The van der Waals surface area contributed by atoms with Gasteiger partial charge < -0.3 is 10.0 Å².